The summed E-state index contributed by atoms with van der Waals surface area (Å²) < 4.78 is 0. The molecular weight excluding hydrogens is 158 g/mol. The maximum absolute atomic E-state index is 10.5. The van der Waals surface area contributed by atoms with E-state index in [9.17, 15) is 4.79 Å². The van der Waals surface area contributed by atoms with Crippen molar-refractivity contribution in [3.63, 3.8) is 0 Å². The largest absolute Gasteiger partial charge is 0.516 e. The molecule has 1 atom stereocenters. The fraction of sp³-hybridized carbons (Fsp3) is 0.625. The molecule has 0 bridgehead atoms. The maximum Gasteiger partial charge on any atom is 0.407 e. The predicted octanol–water partition coefficient (Wildman–Crippen LogP) is 1.45. The second-order valence-electron chi connectivity index (χ2n) is 3.00. The Morgan fingerprint density at radius 1 is 1.67 bits per heavy atom. The standard InChI is InChI=1S/C8H13NO3/c10-5-1-2-7-3-4-9(6-7)8(11)12/h1,5,7,10H,2-4,6H2,(H,11,12). The minimum absolute atomic E-state index is 0.379. The van der Waals surface area contributed by atoms with Gasteiger partial charge in [-0.2, -0.15) is 0 Å². The van der Waals surface area contributed by atoms with Gasteiger partial charge < -0.3 is 15.1 Å². The molecule has 1 aliphatic heterocycles. The lowest BCUT2D eigenvalue weighted by molar-refractivity contribution is 0.154. The van der Waals surface area contributed by atoms with Crippen molar-refractivity contribution in [1.82, 2.24) is 4.90 Å². The van der Waals surface area contributed by atoms with Crippen molar-refractivity contribution in [3.05, 3.63) is 12.3 Å². The average molecular weight is 171 g/mol. The highest BCUT2D eigenvalue weighted by Crippen LogP contribution is 2.19. The van der Waals surface area contributed by atoms with Gasteiger partial charge in [0.15, 0.2) is 0 Å². The molecule has 1 amide bonds. The molecule has 1 aliphatic rings. The third-order valence-electron chi connectivity index (χ3n) is 2.13. The predicted molar refractivity (Wildman–Crippen MR) is 44.1 cm³/mol. The summed E-state index contributed by atoms with van der Waals surface area (Å²) in [5.74, 6) is 0.379. The van der Waals surface area contributed by atoms with E-state index in [-0.39, 0.29) is 0 Å². The van der Waals surface area contributed by atoms with Gasteiger partial charge in [0, 0.05) is 13.1 Å². The normalized spacial score (nSPS) is 23.7. The topological polar surface area (TPSA) is 60.8 Å². The molecule has 1 saturated heterocycles. The Labute approximate surface area is 71.1 Å². The monoisotopic (exact) mass is 171 g/mol. The first-order valence-corrected chi connectivity index (χ1v) is 4.01. The molecule has 4 heteroatoms. The highest BCUT2D eigenvalue weighted by Gasteiger charge is 2.24. The van der Waals surface area contributed by atoms with Gasteiger partial charge in [-0.25, -0.2) is 4.79 Å². The van der Waals surface area contributed by atoms with Crippen LogP contribution in [0.2, 0.25) is 0 Å². The zero-order chi connectivity index (χ0) is 8.97. The SMILES string of the molecule is O=C(O)N1CCC(CC=CO)C1. The Bertz CT molecular complexity index is 191. The van der Waals surface area contributed by atoms with Crippen molar-refractivity contribution >= 4 is 6.09 Å². The summed E-state index contributed by atoms with van der Waals surface area (Å²) >= 11 is 0. The molecule has 0 aromatic carbocycles. The molecule has 0 radical (unpaired) electrons. The summed E-state index contributed by atoms with van der Waals surface area (Å²) in [6, 6.07) is 0. The number of carbonyl (C=O) groups is 1. The Hall–Kier alpha value is -1.19. The maximum atomic E-state index is 10.5. The van der Waals surface area contributed by atoms with Crippen molar-refractivity contribution < 1.29 is 15.0 Å². The van der Waals surface area contributed by atoms with Crippen LogP contribution in [0.1, 0.15) is 12.8 Å². The summed E-state index contributed by atoms with van der Waals surface area (Å²) in [5, 5.41) is 17.0. The van der Waals surface area contributed by atoms with Crippen LogP contribution in [0.15, 0.2) is 12.3 Å². The molecular formula is C8H13NO3. The van der Waals surface area contributed by atoms with E-state index in [4.69, 9.17) is 10.2 Å². The first-order chi connectivity index (χ1) is 5.74. The molecule has 1 fully saturated rings. The molecule has 4 nitrogen and oxygen atoms in total. The van der Waals surface area contributed by atoms with Gasteiger partial charge in [0.05, 0.1) is 6.26 Å². The van der Waals surface area contributed by atoms with E-state index in [1.807, 2.05) is 0 Å². The molecule has 0 aromatic rings. The van der Waals surface area contributed by atoms with Crippen molar-refractivity contribution in [2.24, 2.45) is 5.92 Å². The summed E-state index contributed by atoms with van der Waals surface area (Å²) in [4.78, 5) is 11.9. The van der Waals surface area contributed by atoms with Crippen molar-refractivity contribution in [2.45, 2.75) is 12.8 Å². The quantitative estimate of drug-likeness (QED) is 0.618. The summed E-state index contributed by atoms with van der Waals surface area (Å²) in [6.07, 6.45) is 3.50. The number of amides is 1. The Morgan fingerprint density at radius 2 is 2.42 bits per heavy atom. The van der Waals surface area contributed by atoms with E-state index >= 15 is 0 Å². The Balaban J connectivity index is 2.30. The Morgan fingerprint density at radius 3 is 2.92 bits per heavy atom. The smallest absolute Gasteiger partial charge is 0.407 e. The number of carboxylic acid groups (broad SMARTS) is 1. The minimum atomic E-state index is -0.842. The van der Waals surface area contributed by atoms with E-state index in [1.165, 1.54) is 4.90 Å². The molecule has 1 unspecified atom stereocenters. The number of nitrogens with zero attached hydrogens (tertiary/aromatic N) is 1. The number of aliphatic hydroxyl groups is 1. The molecule has 0 aliphatic carbocycles. The third kappa shape index (κ3) is 2.15. The first kappa shape index (κ1) is 8.90. The number of likely N-dealkylation sites (tertiary alicyclic amines) is 1. The van der Waals surface area contributed by atoms with Gasteiger partial charge in [0.25, 0.3) is 0 Å². The highest BCUT2D eigenvalue weighted by atomic mass is 16.4. The van der Waals surface area contributed by atoms with Gasteiger partial charge in [0.1, 0.15) is 0 Å². The van der Waals surface area contributed by atoms with Crippen molar-refractivity contribution in [3.8, 4) is 0 Å². The van der Waals surface area contributed by atoms with Gasteiger partial charge in [-0.3, -0.25) is 0 Å². The zero-order valence-electron chi connectivity index (χ0n) is 6.81. The second kappa shape index (κ2) is 3.99. The fourth-order valence-corrected chi connectivity index (χ4v) is 1.45. The van der Waals surface area contributed by atoms with Crippen LogP contribution >= 0.6 is 0 Å². The van der Waals surface area contributed by atoms with Crippen molar-refractivity contribution in [1.29, 1.82) is 0 Å². The lowest BCUT2D eigenvalue weighted by Gasteiger charge is -2.10. The van der Waals surface area contributed by atoms with Crippen LogP contribution in [-0.2, 0) is 0 Å². The van der Waals surface area contributed by atoms with Gasteiger partial charge in [-0.1, -0.05) is 0 Å². The lowest BCUT2D eigenvalue weighted by Crippen LogP contribution is -2.26. The molecule has 0 spiro atoms. The van der Waals surface area contributed by atoms with Crippen LogP contribution in [0, 0.1) is 5.92 Å². The van der Waals surface area contributed by atoms with Crippen LogP contribution in [0.25, 0.3) is 0 Å². The van der Waals surface area contributed by atoms with E-state index in [0.29, 0.717) is 19.0 Å². The summed E-state index contributed by atoms with van der Waals surface area (Å²) in [6.45, 7) is 1.22. The van der Waals surface area contributed by atoms with Crippen LogP contribution in [0.5, 0.6) is 0 Å². The van der Waals surface area contributed by atoms with E-state index in [1.54, 1.807) is 6.08 Å². The van der Waals surface area contributed by atoms with E-state index in [0.717, 1.165) is 19.1 Å². The van der Waals surface area contributed by atoms with Gasteiger partial charge in [-0.15, -0.1) is 0 Å². The highest BCUT2D eigenvalue weighted by molar-refractivity contribution is 5.65. The average Bonchev–Trinajstić information content (AvgIpc) is 2.48. The number of allylic oxidation sites excluding steroid dienone is 1. The minimum Gasteiger partial charge on any atom is -0.516 e. The van der Waals surface area contributed by atoms with Crippen molar-refractivity contribution in [2.75, 3.05) is 13.1 Å². The zero-order valence-corrected chi connectivity index (χ0v) is 6.81. The molecule has 0 saturated carbocycles. The van der Waals surface area contributed by atoms with Gasteiger partial charge in [0.2, 0.25) is 0 Å². The molecule has 68 valence electrons. The van der Waals surface area contributed by atoms with E-state index < -0.39 is 6.09 Å². The van der Waals surface area contributed by atoms with Crippen LogP contribution in [0.3, 0.4) is 0 Å². The summed E-state index contributed by atoms with van der Waals surface area (Å²) in [5.41, 5.74) is 0. The van der Waals surface area contributed by atoms with Crippen LogP contribution in [0.4, 0.5) is 4.79 Å². The number of hydrogen-bond donors (Lipinski definition) is 2. The molecule has 1 rings (SSSR count). The number of rotatable bonds is 2. The Kier molecular flexibility index (Phi) is 2.96. The summed E-state index contributed by atoms with van der Waals surface area (Å²) in [7, 11) is 0. The van der Waals surface area contributed by atoms with Gasteiger partial charge >= 0.3 is 6.09 Å². The first-order valence-electron chi connectivity index (χ1n) is 4.01. The lowest BCUT2D eigenvalue weighted by atomic mass is 10.1. The molecule has 0 aromatic heterocycles. The molecule has 12 heavy (non-hydrogen) atoms. The third-order valence-corrected chi connectivity index (χ3v) is 2.13. The van der Waals surface area contributed by atoms with E-state index in [2.05, 4.69) is 0 Å². The van der Waals surface area contributed by atoms with Crippen LogP contribution < -0.4 is 0 Å². The number of hydrogen-bond acceptors (Lipinski definition) is 2. The fourth-order valence-electron chi connectivity index (χ4n) is 1.45. The van der Waals surface area contributed by atoms with Crippen LogP contribution in [-0.4, -0.2) is 34.3 Å². The van der Waals surface area contributed by atoms with Gasteiger partial charge in [-0.05, 0) is 24.8 Å². The molecule has 2 N–H and O–H groups in total. The number of aliphatic hydroxyl groups excluding tert-OH is 1. The molecule has 1 heterocycles. The second-order valence-corrected chi connectivity index (χ2v) is 3.00.